The van der Waals surface area contributed by atoms with Crippen LogP contribution < -0.4 is 22.6 Å². The molecular formula is C15H27ClN4O3S. The highest BCUT2D eigenvalue weighted by Gasteiger charge is 2.28. The van der Waals surface area contributed by atoms with Gasteiger partial charge in [-0.25, -0.2) is 8.42 Å². The lowest BCUT2D eigenvalue weighted by molar-refractivity contribution is -0.913. The van der Waals surface area contributed by atoms with Crippen molar-refractivity contribution in [3.8, 4) is 0 Å². The van der Waals surface area contributed by atoms with Gasteiger partial charge in [0.25, 0.3) is 10.0 Å². The average Bonchev–Trinajstić information content (AvgIpc) is 2.50. The average molecular weight is 379 g/mol. The maximum absolute atomic E-state index is 12.2. The monoisotopic (exact) mass is 378 g/mol. The molecule has 138 valence electrons. The Morgan fingerprint density at radius 3 is 2.33 bits per heavy atom. The minimum absolute atomic E-state index is 0. The molecule has 1 fully saturated rings. The van der Waals surface area contributed by atoms with Crippen LogP contribution in [-0.4, -0.2) is 75.6 Å². The Balaban J connectivity index is 0.00000288. The Morgan fingerprint density at radius 1 is 1.25 bits per heavy atom. The molecule has 0 aromatic heterocycles. The molecule has 1 heterocycles. The maximum atomic E-state index is 12.2. The first kappa shape index (κ1) is 21.0. The molecule has 2 rings (SSSR count). The lowest BCUT2D eigenvalue weighted by atomic mass is 10.2. The molecule has 1 aliphatic heterocycles. The third-order valence-corrected chi connectivity index (χ3v) is 6.06. The van der Waals surface area contributed by atoms with Gasteiger partial charge in [0, 0.05) is 25.2 Å². The first-order chi connectivity index (χ1) is 10.7. The molecule has 0 unspecified atom stereocenters. The van der Waals surface area contributed by atoms with Gasteiger partial charge in [0.15, 0.2) is 0 Å². The van der Waals surface area contributed by atoms with Crippen molar-refractivity contribution in [1.82, 2.24) is 4.90 Å². The van der Waals surface area contributed by atoms with E-state index >= 15 is 0 Å². The van der Waals surface area contributed by atoms with Gasteiger partial charge < -0.3 is 22.6 Å². The van der Waals surface area contributed by atoms with Crippen molar-refractivity contribution < 1.29 is 30.5 Å². The van der Waals surface area contributed by atoms with Crippen molar-refractivity contribution in [1.29, 1.82) is 0 Å². The van der Waals surface area contributed by atoms with Crippen LogP contribution in [0, 0.1) is 0 Å². The van der Waals surface area contributed by atoms with Gasteiger partial charge >= 0.3 is 0 Å². The predicted octanol–water partition coefficient (Wildman–Crippen LogP) is -2.42. The number of halogens is 1. The number of nitrogen functional groups attached to an aromatic ring is 1. The van der Waals surface area contributed by atoms with Crippen molar-refractivity contribution in [2.24, 2.45) is 0 Å². The van der Waals surface area contributed by atoms with E-state index < -0.39 is 10.0 Å². The molecular weight excluding hydrogens is 352 g/mol. The summed E-state index contributed by atoms with van der Waals surface area (Å²) in [6.45, 7) is 4.90. The van der Waals surface area contributed by atoms with E-state index in [2.05, 4.69) is 19.0 Å². The Hall–Kier alpha value is -1.06. The molecule has 0 radical (unpaired) electrons. The van der Waals surface area contributed by atoms with Crippen LogP contribution in [0.25, 0.3) is 0 Å². The molecule has 0 spiro atoms. The molecule has 9 heteroatoms. The normalized spacial score (nSPS) is 18.0. The molecule has 0 amide bonds. The molecule has 1 saturated heterocycles. The number of benzene rings is 1. The van der Waals surface area contributed by atoms with E-state index in [1.54, 1.807) is 12.1 Å². The smallest absolute Gasteiger partial charge is 0.257 e. The van der Waals surface area contributed by atoms with Crippen LogP contribution in [0.4, 0.5) is 11.4 Å². The van der Waals surface area contributed by atoms with E-state index in [-0.39, 0.29) is 23.8 Å². The minimum atomic E-state index is -3.74. The summed E-state index contributed by atoms with van der Waals surface area (Å²) in [5.74, 6) is -0.0719. The highest BCUT2D eigenvalue weighted by atomic mass is 35.5. The number of piperazine rings is 1. The third kappa shape index (κ3) is 5.49. The zero-order valence-electron chi connectivity index (χ0n) is 14.2. The fourth-order valence-electron chi connectivity index (χ4n) is 2.75. The summed E-state index contributed by atoms with van der Waals surface area (Å²) in [5, 5.41) is 9.97. The largest absolute Gasteiger partial charge is 1.00 e. The molecule has 1 aliphatic rings. The van der Waals surface area contributed by atoms with Crippen molar-refractivity contribution in [2.45, 2.75) is 6.42 Å². The van der Waals surface area contributed by atoms with Crippen LogP contribution in [0.3, 0.4) is 0 Å². The van der Waals surface area contributed by atoms with Crippen molar-refractivity contribution in [2.75, 3.05) is 62.8 Å². The number of nitrogens with zero attached hydrogens (tertiary/aromatic N) is 3. The zero-order chi connectivity index (χ0) is 17.1. The second-order valence-electron chi connectivity index (χ2n) is 6.60. The van der Waals surface area contributed by atoms with Gasteiger partial charge in [0.05, 0.1) is 38.1 Å². The summed E-state index contributed by atoms with van der Waals surface area (Å²) in [4.78, 5) is 2.29. The predicted molar refractivity (Wildman–Crippen MR) is 91.8 cm³/mol. The third-order valence-electron chi connectivity index (χ3n) is 4.52. The molecule has 0 bridgehead atoms. The van der Waals surface area contributed by atoms with Crippen LogP contribution >= 0.6 is 0 Å². The highest BCUT2D eigenvalue weighted by Crippen LogP contribution is 2.19. The lowest BCUT2D eigenvalue weighted by Crippen LogP contribution is -3.00. The van der Waals surface area contributed by atoms with Crippen LogP contribution in [0.2, 0.25) is 0 Å². The second-order valence-corrected chi connectivity index (χ2v) is 8.52. The summed E-state index contributed by atoms with van der Waals surface area (Å²) in [6.07, 6.45) is 0.522. The molecule has 0 atom stereocenters. The SMILES string of the molecule is CN1CC[N+](C)(CCCS(=O)(=O)N(O)c2ccc(N)cc2)CC1.[Cl-]. The van der Waals surface area contributed by atoms with Gasteiger partial charge in [-0.1, -0.05) is 0 Å². The number of sulfonamides is 1. The van der Waals surface area contributed by atoms with E-state index in [9.17, 15) is 13.6 Å². The summed E-state index contributed by atoms with van der Waals surface area (Å²) >= 11 is 0. The topological polar surface area (TPSA) is 86.9 Å². The van der Waals surface area contributed by atoms with Gasteiger partial charge in [-0.05, 0) is 31.3 Å². The number of quaternary nitrogens is 1. The maximum Gasteiger partial charge on any atom is 0.257 e. The number of likely N-dealkylation sites (N-methyl/N-ethyl adjacent to an activating group) is 2. The number of hydrogen-bond donors (Lipinski definition) is 2. The van der Waals surface area contributed by atoms with Gasteiger partial charge in [-0.15, -0.1) is 4.47 Å². The number of nitrogens with two attached hydrogens (primary N) is 1. The first-order valence-electron chi connectivity index (χ1n) is 7.81. The Kier molecular flexibility index (Phi) is 7.30. The summed E-state index contributed by atoms with van der Waals surface area (Å²) in [5.41, 5.74) is 6.30. The molecule has 7 nitrogen and oxygen atoms in total. The van der Waals surface area contributed by atoms with E-state index in [1.807, 2.05) is 0 Å². The first-order valence-corrected chi connectivity index (χ1v) is 9.42. The summed E-state index contributed by atoms with van der Waals surface area (Å²) < 4.78 is 25.7. The molecule has 3 N–H and O–H groups in total. The van der Waals surface area contributed by atoms with Crippen molar-refractivity contribution in [3.05, 3.63) is 24.3 Å². The van der Waals surface area contributed by atoms with E-state index in [4.69, 9.17) is 5.73 Å². The molecule has 1 aromatic carbocycles. The second kappa shape index (κ2) is 8.35. The van der Waals surface area contributed by atoms with E-state index in [1.165, 1.54) is 12.1 Å². The van der Waals surface area contributed by atoms with Gasteiger partial charge in [0.1, 0.15) is 0 Å². The molecule has 0 aliphatic carbocycles. The Morgan fingerprint density at radius 2 is 1.79 bits per heavy atom. The van der Waals surface area contributed by atoms with Crippen LogP contribution in [0.15, 0.2) is 24.3 Å². The quantitative estimate of drug-likeness (QED) is 0.327. The van der Waals surface area contributed by atoms with Crippen molar-refractivity contribution >= 4 is 21.4 Å². The minimum Gasteiger partial charge on any atom is -1.00 e. The molecule has 0 saturated carbocycles. The molecule has 24 heavy (non-hydrogen) atoms. The van der Waals surface area contributed by atoms with E-state index in [0.29, 0.717) is 16.6 Å². The van der Waals surface area contributed by atoms with Crippen molar-refractivity contribution in [3.63, 3.8) is 0 Å². The fraction of sp³-hybridized carbons (Fsp3) is 0.600. The molecule has 1 aromatic rings. The van der Waals surface area contributed by atoms with Gasteiger partial charge in [-0.3, -0.25) is 10.1 Å². The lowest BCUT2D eigenvalue weighted by Gasteiger charge is -2.41. The Bertz CT molecular complexity index is 616. The number of anilines is 2. The number of rotatable bonds is 6. The van der Waals surface area contributed by atoms with Gasteiger partial charge in [-0.2, -0.15) is 0 Å². The van der Waals surface area contributed by atoms with Gasteiger partial charge in [0.2, 0.25) is 0 Å². The highest BCUT2D eigenvalue weighted by molar-refractivity contribution is 7.92. The van der Waals surface area contributed by atoms with E-state index in [0.717, 1.165) is 37.2 Å². The van der Waals surface area contributed by atoms with Crippen LogP contribution in [-0.2, 0) is 10.0 Å². The standard InChI is InChI=1S/C15H27N4O3S.ClH/c1-17-8-11-19(2,12-9-17)10-3-13-23(21,22)18(20)15-6-4-14(16)5-7-15;/h4-7,20H,3,8-13,16H2,1-2H3;1H/q+1;/p-1. The van der Waals surface area contributed by atoms with Crippen LogP contribution in [0.1, 0.15) is 6.42 Å². The Labute approximate surface area is 150 Å². The fourth-order valence-corrected chi connectivity index (χ4v) is 3.86. The van der Waals surface area contributed by atoms with Crippen LogP contribution in [0.5, 0.6) is 0 Å². The zero-order valence-corrected chi connectivity index (χ0v) is 15.8. The summed E-state index contributed by atoms with van der Waals surface area (Å²) in [6, 6.07) is 6.09. The summed E-state index contributed by atoms with van der Waals surface area (Å²) in [7, 11) is 0.528. The number of hydrogen-bond acceptors (Lipinski definition) is 5.